The van der Waals surface area contributed by atoms with Gasteiger partial charge in [-0.25, -0.2) is 0 Å². The van der Waals surface area contributed by atoms with E-state index >= 15 is 0 Å². The predicted molar refractivity (Wildman–Crippen MR) is 145 cm³/mol. The SMILES string of the molecule is CCCCOc1c2n(c(CN=[N+]=[N-])cc1=O)N(C(c1ccccc1)c1ccccc1)CN(CCOC)C2=O. The van der Waals surface area contributed by atoms with Crippen molar-refractivity contribution in [3.8, 4) is 5.75 Å². The molecule has 0 radical (unpaired) electrons. The molecule has 1 amide bonds. The highest BCUT2D eigenvalue weighted by Crippen LogP contribution is 2.33. The number of aromatic nitrogens is 1. The lowest BCUT2D eigenvalue weighted by molar-refractivity contribution is 0.0609. The minimum Gasteiger partial charge on any atom is -0.487 e. The highest BCUT2D eigenvalue weighted by atomic mass is 16.5. The highest BCUT2D eigenvalue weighted by Gasteiger charge is 2.38. The Kier molecular flexibility index (Phi) is 9.02. The van der Waals surface area contributed by atoms with Gasteiger partial charge in [0, 0.05) is 24.6 Å². The van der Waals surface area contributed by atoms with E-state index in [-0.39, 0.29) is 36.6 Å². The van der Waals surface area contributed by atoms with E-state index in [4.69, 9.17) is 15.0 Å². The molecule has 0 fully saturated rings. The van der Waals surface area contributed by atoms with Crippen LogP contribution in [-0.4, -0.2) is 49.0 Å². The van der Waals surface area contributed by atoms with Gasteiger partial charge >= 0.3 is 0 Å². The summed E-state index contributed by atoms with van der Waals surface area (Å²) in [7, 11) is 1.58. The van der Waals surface area contributed by atoms with Crippen LogP contribution in [0.1, 0.15) is 53.1 Å². The molecule has 0 unspecified atom stereocenters. The molecule has 3 aromatic rings. The van der Waals surface area contributed by atoms with Crippen LogP contribution in [0.15, 0.2) is 76.6 Å². The summed E-state index contributed by atoms with van der Waals surface area (Å²) in [6.45, 7) is 3.09. The average molecular weight is 517 g/mol. The average Bonchev–Trinajstić information content (AvgIpc) is 2.94. The molecule has 0 saturated carbocycles. The number of azide groups is 1. The lowest BCUT2D eigenvalue weighted by Gasteiger charge is -2.45. The van der Waals surface area contributed by atoms with Gasteiger partial charge in [0.15, 0.2) is 11.4 Å². The molecule has 2 heterocycles. The number of benzene rings is 2. The van der Waals surface area contributed by atoms with Gasteiger partial charge in [-0.15, -0.1) is 0 Å². The van der Waals surface area contributed by atoms with Gasteiger partial charge < -0.3 is 14.4 Å². The second-order valence-electron chi connectivity index (χ2n) is 8.95. The Morgan fingerprint density at radius 1 is 1.03 bits per heavy atom. The van der Waals surface area contributed by atoms with E-state index in [1.54, 1.807) is 16.7 Å². The van der Waals surface area contributed by atoms with Crippen molar-refractivity contribution in [2.24, 2.45) is 5.11 Å². The molecule has 1 aromatic heterocycles. The number of nitrogens with zero attached hydrogens (tertiary/aromatic N) is 6. The fourth-order valence-corrected chi connectivity index (χ4v) is 4.62. The van der Waals surface area contributed by atoms with E-state index in [1.165, 1.54) is 6.07 Å². The second kappa shape index (κ2) is 12.8. The summed E-state index contributed by atoms with van der Waals surface area (Å²) < 4.78 is 13.0. The number of carbonyl (C=O) groups excluding carboxylic acids is 1. The van der Waals surface area contributed by atoms with Crippen LogP contribution in [0.5, 0.6) is 5.75 Å². The molecule has 10 nitrogen and oxygen atoms in total. The molecule has 1 aliphatic heterocycles. The summed E-state index contributed by atoms with van der Waals surface area (Å²) >= 11 is 0. The first-order valence-corrected chi connectivity index (χ1v) is 12.7. The molecule has 198 valence electrons. The molecule has 0 bridgehead atoms. The Morgan fingerprint density at radius 2 is 1.68 bits per heavy atom. The Bertz CT molecular complexity index is 1300. The third kappa shape index (κ3) is 5.66. The van der Waals surface area contributed by atoms with Crippen LogP contribution in [0.25, 0.3) is 10.4 Å². The zero-order chi connectivity index (χ0) is 26.9. The fourth-order valence-electron chi connectivity index (χ4n) is 4.62. The Labute approximate surface area is 221 Å². The minimum absolute atomic E-state index is 0.000118. The summed E-state index contributed by atoms with van der Waals surface area (Å²) in [6.07, 6.45) is 1.62. The summed E-state index contributed by atoms with van der Waals surface area (Å²) in [4.78, 5) is 31.7. The first-order valence-electron chi connectivity index (χ1n) is 12.7. The van der Waals surface area contributed by atoms with Crippen LogP contribution in [0.3, 0.4) is 0 Å². The molecule has 0 saturated heterocycles. The fraction of sp³-hybridized carbons (Fsp3) is 0.357. The van der Waals surface area contributed by atoms with Gasteiger partial charge in [0.25, 0.3) is 5.91 Å². The van der Waals surface area contributed by atoms with Crippen molar-refractivity contribution in [1.29, 1.82) is 0 Å². The van der Waals surface area contributed by atoms with E-state index in [9.17, 15) is 9.59 Å². The van der Waals surface area contributed by atoms with Crippen LogP contribution in [0.4, 0.5) is 0 Å². The zero-order valence-corrected chi connectivity index (χ0v) is 21.7. The second-order valence-corrected chi connectivity index (χ2v) is 8.95. The topological polar surface area (TPSA) is 113 Å². The highest BCUT2D eigenvalue weighted by molar-refractivity contribution is 5.96. The molecule has 0 N–H and O–H groups in total. The Hall–Kier alpha value is -4.27. The summed E-state index contributed by atoms with van der Waals surface area (Å²) in [6, 6.07) is 21.0. The van der Waals surface area contributed by atoms with E-state index in [0.29, 0.717) is 25.5 Å². The monoisotopic (exact) mass is 516 g/mol. The van der Waals surface area contributed by atoms with Crippen molar-refractivity contribution in [3.05, 3.63) is 110 Å². The predicted octanol–water partition coefficient (Wildman–Crippen LogP) is 4.62. The summed E-state index contributed by atoms with van der Waals surface area (Å²) in [5, 5.41) is 5.76. The van der Waals surface area contributed by atoms with Crippen LogP contribution in [0, 0.1) is 0 Å². The summed E-state index contributed by atoms with van der Waals surface area (Å²) in [5.74, 6) is -0.343. The van der Waals surface area contributed by atoms with Gasteiger partial charge in [-0.3, -0.25) is 19.3 Å². The molecule has 0 aliphatic carbocycles. The number of rotatable bonds is 12. The van der Waals surface area contributed by atoms with Crippen molar-refractivity contribution < 1.29 is 14.3 Å². The lowest BCUT2D eigenvalue weighted by Crippen LogP contribution is -2.57. The van der Waals surface area contributed by atoms with Crippen molar-refractivity contribution in [3.63, 3.8) is 0 Å². The van der Waals surface area contributed by atoms with Crippen LogP contribution < -0.4 is 15.2 Å². The number of carbonyl (C=O) groups is 1. The third-order valence-corrected chi connectivity index (χ3v) is 6.42. The van der Waals surface area contributed by atoms with E-state index < -0.39 is 5.43 Å². The number of amides is 1. The number of fused-ring (bicyclic) bond motifs is 1. The van der Waals surface area contributed by atoms with E-state index in [2.05, 4.69) is 10.0 Å². The number of ether oxygens (including phenoxy) is 2. The van der Waals surface area contributed by atoms with Gasteiger partial charge in [0.2, 0.25) is 5.43 Å². The molecule has 4 rings (SSSR count). The quantitative estimate of drug-likeness (QED) is 0.151. The molecule has 0 spiro atoms. The largest absolute Gasteiger partial charge is 0.487 e. The molecule has 38 heavy (non-hydrogen) atoms. The third-order valence-electron chi connectivity index (χ3n) is 6.42. The van der Waals surface area contributed by atoms with Crippen molar-refractivity contribution >= 4 is 5.91 Å². The van der Waals surface area contributed by atoms with E-state index in [1.807, 2.05) is 72.6 Å². The molecule has 10 heteroatoms. The Morgan fingerprint density at radius 3 is 2.26 bits per heavy atom. The summed E-state index contributed by atoms with van der Waals surface area (Å²) in [5.41, 5.74) is 11.2. The van der Waals surface area contributed by atoms with Crippen LogP contribution in [0.2, 0.25) is 0 Å². The van der Waals surface area contributed by atoms with Crippen molar-refractivity contribution in [1.82, 2.24) is 9.58 Å². The number of pyridine rings is 1. The maximum absolute atomic E-state index is 13.9. The van der Waals surface area contributed by atoms with Crippen molar-refractivity contribution in [2.45, 2.75) is 32.4 Å². The smallest absolute Gasteiger partial charge is 0.277 e. The van der Waals surface area contributed by atoms with E-state index in [0.717, 1.165) is 24.0 Å². The number of hydrogen-bond donors (Lipinski definition) is 0. The van der Waals surface area contributed by atoms with Crippen LogP contribution in [-0.2, 0) is 11.3 Å². The zero-order valence-electron chi connectivity index (χ0n) is 21.7. The van der Waals surface area contributed by atoms with Gasteiger partial charge in [-0.05, 0) is 23.1 Å². The number of methoxy groups -OCH3 is 1. The standard InChI is InChI=1S/C28H32N6O4/c1-3-4-16-38-27-24(35)18-23(19-30-31-29)34-26(27)28(36)32(15-17-37-2)20-33(34)25(21-11-7-5-8-12-21)22-13-9-6-10-14-22/h5-14,18,25H,3-4,15-17,19-20H2,1-2H3. The molecule has 1 aliphatic rings. The number of unbranched alkanes of at least 4 members (excludes halogenated alkanes) is 1. The molecule has 2 aromatic carbocycles. The first-order chi connectivity index (χ1) is 18.6. The van der Waals surface area contributed by atoms with Gasteiger partial charge in [-0.1, -0.05) is 79.1 Å². The van der Waals surface area contributed by atoms with Crippen LogP contribution >= 0.6 is 0 Å². The van der Waals surface area contributed by atoms with Gasteiger partial charge in [0.05, 0.1) is 31.5 Å². The maximum Gasteiger partial charge on any atom is 0.277 e. The number of hydrogen-bond acceptors (Lipinski definition) is 6. The molecule has 0 atom stereocenters. The normalized spacial score (nSPS) is 12.9. The lowest BCUT2D eigenvalue weighted by atomic mass is 9.98. The minimum atomic E-state index is -0.423. The molecular weight excluding hydrogens is 484 g/mol. The van der Waals surface area contributed by atoms with Crippen molar-refractivity contribution in [2.75, 3.05) is 38.5 Å². The molecular formula is C28H32N6O4. The Balaban J connectivity index is 2.00. The van der Waals surface area contributed by atoms with Gasteiger partial charge in [0.1, 0.15) is 6.67 Å². The van der Waals surface area contributed by atoms with Gasteiger partial charge in [-0.2, -0.15) is 0 Å². The first kappa shape index (κ1) is 26.8. The maximum atomic E-state index is 13.9.